The van der Waals surface area contributed by atoms with Gasteiger partial charge in [-0.25, -0.2) is 4.99 Å². The molecule has 1 aromatic carbocycles. The molecular weight excluding hydrogens is 444 g/mol. The van der Waals surface area contributed by atoms with Gasteiger partial charge >= 0.3 is 6.18 Å². The Balaban J connectivity index is 0.00000576. The van der Waals surface area contributed by atoms with Gasteiger partial charge in [0.05, 0.1) is 12.1 Å². The van der Waals surface area contributed by atoms with Gasteiger partial charge in [0.1, 0.15) is 0 Å². The van der Waals surface area contributed by atoms with Gasteiger partial charge in [0.15, 0.2) is 5.96 Å². The maximum atomic E-state index is 12.6. The van der Waals surface area contributed by atoms with E-state index in [4.69, 9.17) is 0 Å². The van der Waals surface area contributed by atoms with E-state index in [9.17, 15) is 13.2 Å². The number of halogens is 4. The van der Waals surface area contributed by atoms with Crippen molar-refractivity contribution in [1.82, 2.24) is 15.5 Å². The number of alkyl halides is 3. The molecule has 0 saturated heterocycles. The van der Waals surface area contributed by atoms with Crippen molar-refractivity contribution in [2.75, 3.05) is 27.2 Å². The number of nitrogens with zero attached hydrogens (tertiary/aromatic N) is 2. The van der Waals surface area contributed by atoms with Crippen molar-refractivity contribution in [1.29, 1.82) is 0 Å². The molecule has 0 unspecified atom stereocenters. The first-order chi connectivity index (χ1) is 11.1. The summed E-state index contributed by atoms with van der Waals surface area (Å²) in [6.07, 6.45) is -4.31. The van der Waals surface area contributed by atoms with Gasteiger partial charge in [-0.1, -0.05) is 12.1 Å². The van der Waals surface area contributed by atoms with Crippen molar-refractivity contribution in [2.24, 2.45) is 4.99 Å². The van der Waals surface area contributed by atoms with E-state index in [2.05, 4.69) is 34.4 Å². The van der Waals surface area contributed by atoms with Crippen LogP contribution < -0.4 is 10.6 Å². The highest BCUT2D eigenvalue weighted by Crippen LogP contribution is 2.29. The number of aliphatic imine (C=N–C) groups is 1. The molecule has 0 aliphatic carbocycles. The van der Waals surface area contributed by atoms with Gasteiger partial charge in [0, 0.05) is 18.6 Å². The van der Waals surface area contributed by atoms with E-state index < -0.39 is 11.7 Å². The standard InChI is InChI=1S/C17H27F3N4.HI/c1-6-21-15(23-12-16(2,3)24(4)5)22-11-13-7-9-14(10-8-13)17(18,19)20;/h7-10H,6,11-12H2,1-5H3,(H2,21,22,23);1H. The SMILES string of the molecule is CCNC(=NCc1ccc(C(F)(F)F)cc1)NCC(C)(C)N(C)C.I. The van der Waals surface area contributed by atoms with Crippen LogP contribution in [0.4, 0.5) is 13.2 Å². The zero-order valence-corrected chi connectivity index (χ0v) is 17.7. The number of hydrogen-bond donors (Lipinski definition) is 2. The Labute approximate surface area is 165 Å². The first-order valence-corrected chi connectivity index (χ1v) is 7.92. The molecule has 2 N–H and O–H groups in total. The lowest BCUT2D eigenvalue weighted by Gasteiger charge is -2.33. The molecule has 25 heavy (non-hydrogen) atoms. The number of rotatable bonds is 6. The van der Waals surface area contributed by atoms with Crippen LogP contribution in [0, 0.1) is 0 Å². The lowest BCUT2D eigenvalue weighted by molar-refractivity contribution is -0.137. The third-order valence-corrected chi connectivity index (χ3v) is 3.94. The number of benzene rings is 1. The highest BCUT2D eigenvalue weighted by molar-refractivity contribution is 14.0. The molecule has 0 aliphatic rings. The average Bonchev–Trinajstić information content (AvgIpc) is 2.49. The quantitative estimate of drug-likeness (QED) is 0.377. The zero-order valence-electron chi connectivity index (χ0n) is 15.4. The van der Waals surface area contributed by atoms with Crippen molar-refractivity contribution in [3.63, 3.8) is 0 Å². The summed E-state index contributed by atoms with van der Waals surface area (Å²) in [5.41, 5.74) is 0.0324. The number of nitrogens with one attached hydrogen (secondary N) is 2. The van der Waals surface area contributed by atoms with Gasteiger partial charge < -0.3 is 15.5 Å². The van der Waals surface area contributed by atoms with Crippen LogP contribution in [0.2, 0.25) is 0 Å². The summed E-state index contributed by atoms with van der Waals surface area (Å²) in [5.74, 6) is 0.646. The molecule has 0 aromatic heterocycles. The number of likely N-dealkylation sites (N-methyl/N-ethyl adjacent to an activating group) is 1. The Morgan fingerprint density at radius 2 is 1.64 bits per heavy atom. The first-order valence-electron chi connectivity index (χ1n) is 7.92. The molecule has 0 fully saturated rings. The van der Waals surface area contributed by atoms with Crippen LogP contribution in [-0.4, -0.2) is 43.6 Å². The maximum Gasteiger partial charge on any atom is 0.416 e. The van der Waals surface area contributed by atoms with Crippen molar-refractivity contribution >= 4 is 29.9 Å². The molecule has 0 spiro atoms. The van der Waals surface area contributed by atoms with Gasteiger partial charge in [0.2, 0.25) is 0 Å². The summed E-state index contributed by atoms with van der Waals surface area (Å²) in [7, 11) is 4.02. The molecule has 0 radical (unpaired) electrons. The average molecular weight is 472 g/mol. The van der Waals surface area contributed by atoms with Crippen molar-refractivity contribution < 1.29 is 13.2 Å². The van der Waals surface area contributed by atoms with Crippen LogP contribution >= 0.6 is 24.0 Å². The van der Waals surface area contributed by atoms with Gasteiger partial charge in [0.25, 0.3) is 0 Å². The Morgan fingerprint density at radius 1 is 1.08 bits per heavy atom. The molecular formula is C17H28F3IN4. The third-order valence-electron chi connectivity index (χ3n) is 3.94. The van der Waals surface area contributed by atoms with Crippen LogP contribution in [0.3, 0.4) is 0 Å². The first kappa shape index (κ1) is 24.0. The van der Waals surface area contributed by atoms with Crippen molar-refractivity contribution in [3.05, 3.63) is 35.4 Å². The topological polar surface area (TPSA) is 39.7 Å². The molecule has 1 rings (SSSR count). The summed E-state index contributed by atoms with van der Waals surface area (Å²) in [4.78, 5) is 6.54. The second-order valence-electron chi connectivity index (χ2n) is 6.45. The van der Waals surface area contributed by atoms with E-state index in [0.29, 0.717) is 25.6 Å². The Bertz CT molecular complexity index is 540. The maximum absolute atomic E-state index is 12.6. The normalized spacial score (nSPS) is 12.8. The molecule has 0 bridgehead atoms. The minimum atomic E-state index is -4.31. The molecule has 144 valence electrons. The highest BCUT2D eigenvalue weighted by Gasteiger charge is 2.29. The molecule has 4 nitrogen and oxygen atoms in total. The fourth-order valence-electron chi connectivity index (χ4n) is 1.77. The molecule has 0 atom stereocenters. The second kappa shape index (κ2) is 10.2. The summed E-state index contributed by atoms with van der Waals surface area (Å²) in [6.45, 7) is 7.90. The fourth-order valence-corrected chi connectivity index (χ4v) is 1.77. The minimum Gasteiger partial charge on any atom is -0.357 e. The van der Waals surface area contributed by atoms with Gasteiger partial charge in [-0.2, -0.15) is 13.2 Å². The Kier molecular flexibility index (Phi) is 9.78. The Morgan fingerprint density at radius 3 is 2.08 bits per heavy atom. The molecule has 0 amide bonds. The fraction of sp³-hybridized carbons (Fsp3) is 0.588. The Hall–Kier alpha value is -1.03. The molecule has 0 heterocycles. The predicted molar refractivity (Wildman–Crippen MR) is 107 cm³/mol. The minimum absolute atomic E-state index is 0. The van der Waals surface area contributed by atoms with Crippen molar-refractivity contribution in [3.8, 4) is 0 Å². The lowest BCUT2D eigenvalue weighted by atomic mass is 10.0. The van der Waals surface area contributed by atoms with E-state index in [-0.39, 0.29) is 29.5 Å². The predicted octanol–water partition coefficient (Wildman–Crippen LogP) is 3.72. The molecule has 8 heteroatoms. The van der Waals surface area contributed by atoms with Crippen LogP contribution in [0.15, 0.2) is 29.3 Å². The summed E-state index contributed by atoms with van der Waals surface area (Å²) >= 11 is 0. The smallest absolute Gasteiger partial charge is 0.357 e. The van der Waals surface area contributed by atoms with Crippen LogP contribution in [0.5, 0.6) is 0 Å². The summed E-state index contributed by atoms with van der Waals surface area (Å²) < 4.78 is 37.7. The largest absolute Gasteiger partial charge is 0.416 e. The zero-order chi connectivity index (χ0) is 18.4. The molecule has 0 saturated carbocycles. The highest BCUT2D eigenvalue weighted by atomic mass is 127. The van der Waals surface area contributed by atoms with E-state index in [1.807, 2.05) is 21.0 Å². The number of guanidine groups is 1. The van der Waals surface area contributed by atoms with Crippen LogP contribution in [0.25, 0.3) is 0 Å². The van der Waals surface area contributed by atoms with E-state index in [0.717, 1.165) is 17.7 Å². The molecule has 0 aliphatic heterocycles. The van der Waals surface area contributed by atoms with E-state index >= 15 is 0 Å². The second-order valence-corrected chi connectivity index (χ2v) is 6.45. The van der Waals surface area contributed by atoms with E-state index in [1.165, 1.54) is 12.1 Å². The number of hydrogen-bond acceptors (Lipinski definition) is 2. The van der Waals surface area contributed by atoms with Gasteiger partial charge in [-0.05, 0) is 52.6 Å². The monoisotopic (exact) mass is 472 g/mol. The summed E-state index contributed by atoms with van der Waals surface area (Å²) in [6, 6.07) is 5.08. The van der Waals surface area contributed by atoms with E-state index in [1.54, 1.807) is 0 Å². The van der Waals surface area contributed by atoms with Gasteiger partial charge in [-0.15, -0.1) is 24.0 Å². The van der Waals surface area contributed by atoms with Crippen LogP contribution in [0.1, 0.15) is 31.9 Å². The molecule has 1 aromatic rings. The van der Waals surface area contributed by atoms with Crippen molar-refractivity contribution in [2.45, 2.75) is 39.0 Å². The third kappa shape index (κ3) is 8.26. The summed E-state index contributed by atoms with van der Waals surface area (Å²) in [5, 5.41) is 6.41. The van der Waals surface area contributed by atoms with Gasteiger partial charge in [-0.3, -0.25) is 0 Å². The lowest BCUT2D eigenvalue weighted by Crippen LogP contribution is -2.50. The van der Waals surface area contributed by atoms with Crippen LogP contribution in [-0.2, 0) is 12.7 Å².